The van der Waals surface area contributed by atoms with Crippen LogP contribution in [0.5, 0.6) is 0 Å². The molecule has 1 atom stereocenters. The number of nitrogens with zero attached hydrogens (tertiary/aromatic N) is 2. The van der Waals surface area contributed by atoms with Crippen LogP contribution in [0.2, 0.25) is 0 Å². The average molecular weight is 322 g/mol. The number of anilines is 1. The second-order valence-electron chi connectivity index (χ2n) is 5.99. The van der Waals surface area contributed by atoms with Crippen molar-refractivity contribution in [3.05, 3.63) is 66.2 Å². The molecule has 1 aliphatic rings. The fourth-order valence-electron chi connectivity index (χ4n) is 3.19. The van der Waals surface area contributed by atoms with E-state index in [2.05, 4.69) is 0 Å². The Kier molecular flexibility index (Phi) is 4.94. The molecule has 0 bridgehead atoms. The molecule has 4 nitrogen and oxygen atoms in total. The Balaban J connectivity index is 1.80. The summed E-state index contributed by atoms with van der Waals surface area (Å²) < 4.78 is 0. The third-order valence-electron chi connectivity index (χ3n) is 4.44. The molecule has 4 heteroatoms. The summed E-state index contributed by atoms with van der Waals surface area (Å²) in [7, 11) is 0. The van der Waals surface area contributed by atoms with E-state index in [0.717, 1.165) is 11.3 Å². The molecule has 24 heavy (non-hydrogen) atoms. The number of likely N-dealkylation sites (N-methyl/N-ethyl adjacent to an activating group) is 1. The molecule has 0 saturated carbocycles. The minimum Gasteiger partial charge on any atom is -0.337 e. The van der Waals surface area contributed by atoms with Gasteiger partial charge in [-0.15, -0.1) is 0 Å². The molecule has 0 radical (unpaired) electrons. The summed E-state index contributed by atoms with van der Waals surface area (Å²) in [5, 5.41) is 0. The molecular formula is C20H22N2O2. The van der Waals surface area contributed by atoms with Crippen molar-refractivity contribution in [1.82, 2.24) is 4.90 Å². The van der Waals surface area contributed by atoms with E-state index >= 15 is 0 Å². The number of carbonyl (C=O) groups excluding carboxylic acids is 2. The number of hydrogen-bond acceptors (Lipinski definition) is 2. The monoisotopic (exact) mass is 322 g/mol. The Morgan fingerprint density at radius 2 is 1.71 bits per heavy atom. The number of rotatable bonds is 5. The van der Waals surface area contributed by atoms with Gasteiger partial charge in [0, 0.05) is 25.2 Å². The average Bonchev–Trinajstić information content (AvgIpc) is 3.02. The number of amides is 2. The van der Waals surface area contributed by atoms with E-state index in [-0.39, 0.29) is 11.8 Å². The fourth-order valence-corrected chi connectivity index (χ4v) is 3.19. The fraction of sp³-hybridized carbons (Fsp3) is 0.300. The van der Waals surface area contributed by atoms with Crippen LogP contribution in [0, 0.1) is 0 Å². The van der Waals surface area contributed by atoms with Crippen LogP contribution in [0.1, 0.15) is 25.3 Å². The van der Waals surface area contributed by atoms with E-state index in [1.165, 1.54) is 0 Å². The third-order valence-corrected chi connectivity index (χ3v) is 4.44. The van der Waals surface area contributed by atoms with Crippen molar-refractivity contribution >= 4 is 17.5 Å². The summed E-state index contributed by atoms with van der Waals surface area (Å²) in [6.45, 7) is 3.18. The Bertz CT molecular complexity index is 700. The van der Waals surface area contributed by atoms with Gasteiger partial charge in [-0.3, -0.25) is 14.5 Å². The van der Waals surface area contributed by atoms with E-state index in [1.54, 1.807) is 4.90 Å². The molecule has 0 aromatic heterocycles. The van der Waals surface area contributed by atoms with Gasteiger partial charge in [-0.1, -0.05) is 48.5 Å². The van der Waals surface area contributed by atoms with Gasteiger partial charge in [-0.25, -0.2) is 0 Å². The number of para-hydroxylation sites is 1. The van der Waals surface area contributed by atoms with E-state index < -0.39 is 6.04 Å². The molecule has 0 spiro atoms. The summed E-state index contributed by atoms with van der Waals surface area (Å²) in [6.07, 6.45) is 1.01. The van der Waals surface area contributed by atoms with Crippen molar-refractivity contribution in [2.24, 2.45) is 0 Å². The highest BCUT2D eigenvalue weighted by molar-refractivity contribution is 6.03. The molecule has 0 aliphatic carbocycles. The maximum atomic E-state index is 13.0. The smallest absolute Gasteiger partial charge is 0.246 e. The van der Waals surface area contributed by atoms with E-state index in [9.17, 15) is 9.59 Å². The van der Waals surface area contributed by atoms with Crippen LogP contribution in [-0.2, 0) is 16.1 Å². The van der Waals surface area contributed by atoms with Crippen LogP contribution < -0.4 is 4.90 Å². The highest BCUT2D eigenvalue weighted by Crippen LogP contribution is 2.28. The quantitative estimate of drug-likeness (QED) is 0.848. The summed E-state index contributed by atoms with van der Waals surface area (Å²) >= 11 is 0. The van der Waals surface area contributed by atoms with Crippen LogP contribution in [0.4, 0.5) is 5.69 Å². The predicted molar refractivity (Wildman–Crippen MR) is 94.5 cm³/mol. The van der Waals surface area contributed by atoms with Crippen molar-refractivity contribution in [3.63, 3.8) is 0 Å². The molecule has 1 heterocycles. The Morgan fingerprint density at radius 1 is 1.08 bits per heavy atom. The first-order valence-corrected chi connectivity index (χ1v) is 8.40. The van der Waals surface area contributed by atoms with Crippen molar-refractivity contribution in [2.75, 3.05) is 11.4 Å². The number of carbonyl (C=O) groups is 2. The van der Waals surface area contributed by atoms with Gasteiger partial charge in [0.25, 0.3) is 0 Å². The van der Waals surface area contributed by atoms with Crippen LogP contribution in [0.3, 0.4) is 0 Å². The highest BCUT2D eigenvalue weighted by Gasteiger charge is 2.38. The lowest BCUT2D eigenvalue weighted by atomic mass is 10.1. The first kappa shape index (κ1) is 16.2. The molecule has 0 N–H and O–H groups in total. The molecule has 2 amide bonds. The Morgan fingerprint density at radius 3 is 2.33 bits per heavy atom. The molecule has 1 aliphatic heterocycles. The van der Waals surface area contributed by atoms with Gasteiger partial charge >= 0.3 is 0 Å². The van der Waals surface area contributed by atoms with Gasteiger partial charge in [0.05, 0.1) is 0 Å². The van der Waals surface area contributed by atoms with Gasteiger partial charge in [0.1, 0.15) is 6.04 Å². The minimum absolute atomic E-state index is 0.0234. The number of hydrogen-bond donors (Lipinski definition) is 0. The van der Waals surface area contributed by atoms with Gasteiger partial charge in [0.15, 0.2) is 0 Å². The molecule has 1 saturated heterocycles. The molecule has 2 aromatic rings. The van der Waals surface area contributed by atoms with Gasteiger partial charge in [-0.05, 0) is 31.0 Å². The standard InChI is InChI=1S/C20H22N2O2/c1-2-21(15-16-9-5-3-6-10-16)20(24)18-13-14-19(23)22(18)17-11-7-4-8-12-17/h3-12,18H,2,13-15H2,1H3. The largest absolute Gasteiger partial charge is 0.337 e. The van der Waals surface area contributed by atoms with Crippen LogP contribution in [0.25, 0.3) is 0 Å². The highest BCUT2D eigenvalue weighted by atomic mass is 16.2. The minimum atomic E-state index is -0.399. The SMILES string of the molecule is CCN(Cc1ccccc1)C(=O)C1CCC(=O)N1c1ccccc1. The summed E-state index contributed by atoms with van der Waals surface area (Å²) in [5.74, 6) is 0.0476. The first-order chi connectivity index (χ1) is 11.7. The Hall–Kier alpha value is -2.62. The molecule has 1 fully saturated rings. The number of benzene rings is 2. The van der Waals surface area contributed by atoms with Crippen LogP contribution in [0.15, 0.2) is 60.7 Å². The zero-order valence-corrected chi connectivity index (χ0v) is 13.9. The van der Waals surface area contributed by atoms with Gasteiger partial charge < -0.3 is 4.90 Å². The molecule has 1 unspecified atom stereocenters. The molecule has 2 aromatic carbocycles. The Labute approximate surface area is 142 Å². The summed E-state index contributed by atoms with van der Waals surface area (Å²) in [5.41, 5.74) is 1.90. The van der Waals surface area contributed by atoms with E-state index in [4.69, 9.17) is 0 Å². The van der Waals surface area contributed by atoms with E-state index in [1.807, 2.05) is 72.5 Å². The van der Waals surface area contributed by atoms with Gasteiger partial charge in [0.2, 0.25) is 11.8 Å². The van der Waals surface area contributed by atoms with Crippen molar-refractivity contribution in [2.45, 2.75) is 32.4 Å². The van der Waals surface area contributed by atoms with E-state index in [0.29, 0.717) is 25.9 Å². The van der Waals surface area contributed by atoms with Crippen LogP contribution >= 0.6 is 0 Å². The molecule has 3 rings (SSSR count). The first-order valence-electron chi connectivity index (χ1n) is 8.40. The van der Waals surface area contributed by atoms with Crippen LogP contribution in [-0.4, -0.2) is 29.3 Å². The third kappa shape index (κ3) is 3.32. The molecular weight excluding hydrogens is 300 g/mol. The second-order valence-corrected chi connectivity index (χ2v) is 5.99. The maximum absolute atomic E-state index is 13.0. The lowest BCUT2D eigenvalue weighted by Gasteiger charge is -2.30. The lowest BCUT2D eigenvalue weighted by molar-refractivity contribution is -0.133. The van der Waals surface area contributed by atoms with Gasteiger partial charge in [-0.2, -0.15) is 0 Å². The van der Waals surface area contributed by atoms with Crippen molar-refractivity contribution < 1.29 is 9.59 Å². The molecule has 124 valence electrons. The maximum Gasteiger partial charge on any atom is 0.246 e. The second kappa shape index (κ2) is 7.30. The summed E-state index contributed by atoms with van der Waals surface area (Å²) in [6, 6.07) is 19.0. The lowest BCUT2D eigenvalue weighted by Crippen LogP contribution is -2.46. The predicted octanol–water partition coefficient (Wildman–Crippen LogP) is 3.23. The van der Waals surface area contributed by atoms with Crippen molar-refractivity contribution in [1.29, 1.82) is 0 Å². The zero-order chi connectivity index (χ0) is 16.9. The van der Waals surface area contributed by atoms with Crippen molar-refractivity contribution in [3.8, 4) is 0 Å². The summed E-state index contributed by atoms with van der Waals surface area (Å²) in [4.78, 5) is 28.8. The topological polar surface area (TPSA) is 40.6 Å². The zero-order valence-electron chi connectivity index (χ0n) is 13.9. The normalized spacial score (nSPS) is 17.1.